The molecule has 0 saturated heterocycles. The number of rotatable bonds is 32. The highest BCUT2D eigenvalue weighted by molar-refractivity contribution is 5.71. The van der Waals surface area contributed by atoms with E-state index in [0.717, 1.165) is 0 Å². The van der Waals surface area contributed by atoms with E-state index in [-0.39, 0.29) is 68.2 Å². The largest absolute Gasteiger partial charge is 0.469 e. The molecule has 0 atom stereocenters. The third kappa shape index (κ3) is 25.1. The number of ether oxygens (including phenoxy) is 7. The Bertz CT molecular complexity index is 938. The molecule has 0 aliphatic rings. The van der Waals surface area contributed by atoms with Gasteiger partial charge in [-0.05, 0) is 20.8 Å². The van der Waals surface area contributed by atoms with E-state index >= 15 is 0 Å². The van der Waals surface area contributed by atoms with Gasteiger partial charge in [0.05, 0.1) is 66.1 Å². The lowest BCUT2D eigenvalue weighted by atomic mass is 10.2. The quantitative estimate of drug-likeness (QED) is 0.0553. The molecule has 0 spiro atoms. The summed E-state index contributed by atoms with van der Waals surface area (Å²) in [6.07, 6.45) is 1.19. The van der Waals surface area contributed by atoms with E-state index in [1.807, 2.05) is 9.80 Å². The average Bonchev–Trinajstić information content (AvgIpc) is 3.11. The SMILES string of the molecule is CCOC(=O)CCN(CCC(=O)OC)CCN(CCC(=O)OCC)CCN(CCC(OC)OC)CCN(CCC(=O)OC)CCC(=O)OCC. The van der Waals surface area contributed by atoms with Crippen LogP contribution in [-0.4, -0.2) is 183 Å². The Morgan fingerprint density at radius 2 is 0.660 bits per heavy atom. The van der Waals surface area contributed by atoms with Crippen molar-refractivity contribution in [1.29, 1.82) is 0 Å². The van der Waals surface area contributed by atoms with Gasteiger partial charge in [0.1, 0.15) is 0 Å². The summed E-state index contributed by atoms with van der Waals surface area (Å²) in [5.74, 6) is -1.56. The molecule has 0 amide bonds. The van der Waals surface area contributed by atoms with Crippen molar-refractivity contribution in [3.05, 3.63) is 0 Å². The monoisotopic (exact) mass is 720 g/mol. The molecule has 0 saturated carbocycles. The molecular formula is C34H64N4O12. The zero-order valence-electron chi connectivity index (χ0n) is 31.6. The summed E-state index contributed by atoms with van der Waals surface area (Å²) in [5, 5.41) is 0. The number of carbonyl (C=O) groups is 5. The van der Waals surface area contributed by atoms with E-state index < -0.39 is 0 Å². The Balaban J connectivity index is 5.82. The van der Waals surface area contributed by atoms with Crippen molar-refractivity contribution in [1.82, 2.24) is 19.6 Å². The molecule has 0 aromatic rings. The summed E-state index contributed by atoms with van der Waals surface area (Å²) >= 11 is 0. The Hall–Kier alpha value is -2.89. The molecule has 0 N–H and O–H groups in total. The minimum absolute atomic E-state index is 0.179. The van der Waals surface area contributed by atoms with Crippen LogP contribution in [0, 0.1) is 0 Å². The second-order valence-corrected chi connectivity index (χ2v) is 11.4. The third-order valence-electron chi connectivity index (χ3n) is 7.94. The summed E-state index contributed by atoms with van der Waals surface area (Å²) in [6.45, 7) is 12.5. The number of hydrogen-bond donors (Lipinski definition) is 0. The van der Waals surface area contributed by atoms with Crippen molar-refractivity contribution < 1.29 is 57.1 Å². The summed E-state index contributed by atoms with van der Waals surface area (Å²) < 4.78 is 35.9. The molecule has 0 aliphatic heterocycles. The normalized spacial score (nSPS) is 11.4. The standard InChI is InChI=1S/C34H64N4O12/c1-8-48-31(41)13-19-35(17-11-29(39)44-4)23-25-37(21-15-33(43)50-10-3)27-28-38(22-16-34(46-6)47-7)26-24-36(18-12-30(40)45-5)20-14-32(42)49-9-2/h34H,8-28H2,1-7H3. The molecule has 0 heterocycles. The van der Waals surface area contributed by atoms with E-state index in [0.29, 0.717) is 105 Å². The van der Waals surface area contributed by atoms with Crippen molar-refractivity contribution in [2.24, 2.45) is 0 Å². The topological polar surface area (TPSA) is 163 Å². The van der Waals surface area contributed by atoms with Crippen LogP contribution in [0.25, 0.3) is 0 Å². The Morgan fingerprint density at radius 3 is 0.920 bits per heavy atom. The van der Waals surface area contributed by atoms with Crippen molar-refractivity contribution in [2.75, 3.05) is 127 Å². The highest BCUT2D eigenvalue weighted by Gasteiger charge is 2.19. The summed E-state index contributed by atoms with van der Waals surface area (Å²) in [6, 6.07) is 0. The first-order chi connectivity index (χ1) is 24.0. The molecule has 50 heavy (non-hydrogen) atoms. The van der Waals surface area contributed by atoms with Gasteiger partial charge in [0.15, 0.2) is 6.29 Å². The van der Waals surface area contributed by atoms with E-state index in [4.69, 9.17) is 33.2 Å². The van der Waals surface area contributed by atoms with Gasteiger partial charge in [-0.1, -0.05) is 0 Å². The summed E-state index contributed by atoms with van der Waals surface area (Å²) in [7, 11) is 5.87. The van der Waals surface area contributed by atoms with Crippen LogP contribution in [0.3, 0.4) is 0 Å². The molecule has 0 aliphatic carbocycles. The minimum Gasteiger partial charge on any atom is -0.469 e. The van der Waals surface area contributed by atoms with Gasteiger partial charge in [-0.3, -0.25) is 24.0 Å². The second kappa shape index (κ2) is 30.9. The zero-order chi connectivity index (χ0) is 37.6. The zero-order valence-corrected chi connectivity index (χ0v) is 31.6. The maximum Gasteiger partial charge on any atom is 0.307 e. The Kier molecular flexibility index (Phi) is 29.1. The number of hydrogen-bond acceptors (Lipinski definition) is 16. The molecule has 0 bridgehead atoms. The minimum atomic E-state index is -0.389. The predicted molar refractivity (Wildman–Crippen MR) is 185 cm³/mol. The van der Waals surface area contributed by atoms with Crippen LogP contribution in [0.4, 0.5) is 0 Å². The van der Waals surface area contributed by atoms with Crippen molar-refractivity contribution >= 4 is 29.8 Å². The number of methoxy groups -OCH3 is 4. The molecular weight excluding hydrogens is 656 g/mol. The van der Waals surface area contributed by atoms with E-state index in [2.05, 4.69) is 9.80 Å². The van der Waals surface area contributed by atoms with Gasteiger partial charge in [-0.2, -0.15) is 0 Å². The third-order valence-corrected chi connectivity index (χ3v) is 7.94. The lowest BCUT2D eigenvalue weighted by Crippen LogP contribution is -2.44. The molecule has 0 aromatic heterocycles. The van der Waals surface area contributed by atoms with Gasteiger partial charge in [0.25, 0.3) is 0 Å². The first-order valence-corrected chi connectivity index (χ1v) is 17.6. The van der Waals surface area contributed by atoms with E-state index in [9.17, 15) is 24.0 Å². The fourth-order valence-corrected chi connectivity index (χ4v) is 4.96. The highest BCUT2D eigenvalue weighted by Crippen LogP contribution is 2.06. The fraction of sp³-hybridized carbons (Fsp3) is 0.853. The van der Waals surface area contributed by atoms with Crippen molar-refractivity contribution in [3.63, 3.8) is 0 Å². The molecule has 0 fully saturated rings. The van der Waals surface area contributed by atoms with Crippen LogP contribution in [-0.2, 0) is 57.1 Å². The van der Waals surface area contributed by atoms with Gasteiger partial charge in [0.2, 0.25) is 0 Å². The summed E-state index contributed by atoms with van der Waals surface area (Å²) in [5.41, 5.74) is 0. The number of nitrogens with zero attached hydrogens (tertiary/aromatic N) is 4. The molecule has 16 heteroatoms. The number of carbonyl (C=O) groups excluding carboxylic acids is 5. The highest BCUT2D eigenvalue weighted by atomic mass is 16.7. The first kappa shape index (κ1) is 47.1. The summed E-state index contributed by atoms with van der Waals surface area (Å²) in [4.78, 5) is 68.8. The van der Waals surface area contributed by atoms with Crippen LogP contribution < -0.4 is 0 Å². The van der Waals surface area contributed by atoms with Gasteiger partial charge in [0, 0.05) is 99.2 Å². The first-order valence-electron chi connectivity index (χ1n) is 17.6. The Morgan fingerprint density at radius 1 is 0.400 bits per heavy atom. The molecule has 0 rings (SSSR count). The van der Waals surface area contributed by atoms with Crippen LogP contribution >= 0.6 is 0 Å². The van der Waals surface area contributed by atoms with Gasteiger partial charge in [-0.15, -0.1) is 0 Å². The molecule has 0 unspecified atom stereocenters. The van der Waals surface area contributed by atoms with E-state index in [1.54, 1.807) is 35.0 Å². The lowest BCUT2D eigenvalue weighted by Gasteiger charge is -2.32. The van der Waals surface area contributed by atoms with Crippen LogP contribution in [0.2, 0.25) is 0 Å². The molecule has 0 aromatic carbocycles. The predicted octanol–water partition coefficient (Wildman–Crippen LogP) is 1.19. The smallest absolute Gasteiger partial charge is 0.307 e. The van der Waals surface area contributed by atoms with Crippen LogP contribution in [0.15, 0.2) is 0 Å². The van der Waals surface area contributed by atoms with Crippen molar-refractivity contribution in [3.8, 4) is 0 Å². The Labute approximate surface area is 298 Å². The van der Waals surface area contributed by atoms with Gasteiger partial charge >= 0.3 is 29.8 Å². The molecule has 16 nitrogen and oxygen atoms in total. The average molecular weight is 721 g/mol. The molecule has 292 valence electrons. The van der Waals surface area contributed by atoms with Crippen LogP contribution in [0.1, 0.15) is 59.3 Å². The van der Waals surface area contributed by atoms with E-state index in [1.165, 1.54) is 14.2 Å². The number of esters is 5. The second-order valence-electron chi connectivity index (χ2n) is 11.4. The molecule has 0 radical (unpaired) electrons. The van der Waals surface area contributed by atoms with Gasteiger partial charge in [-0.25, -0.2) is 0 Å². The lowest BCUT2D eigenvalue weighted by molar-refractivity contribution is -0.144. The fourth-order valence-electron chi connectivity index (χ4n) is 4.96. The maximum atomic E-state index is 12.3. The van der Waals surface area contributed by atoms with Crippen LogP contribution in [0.5, 0.6) is 0 Å². The van der Waals surface area contributed by atoms with Gasteiger partial charge < -0.3 is 52.8 Å². The van der Waals surface area contributed by atoms with Crippen molar-refractivity contribution in [2.45, 2.75) is 65.6 Å². The maximum absolute atomic E-state index is 12.3.